The zero-order valence-electron chi connectivity index (χ0n) is 23.4. The quantitative estimate of drug-likeness (QED) is 0.306. The fourth-order valence-corrected chi connectivity index (χ4v) is 5.45. The van der Waals surface area contributed by atoms with E-state index in [9.17, 15) is 23.2 Å². The summed E-state index contributed by atoms with van der Waals surface area (Å²) in [5.41, 5.74) is 2.30. The summed E-state index contributed by atoms with van der Waals surface area (Å²) in [4.78, 5) is 40.3. The first-order chi connectivity index (χ1) is 18.9. The van der Waals surface area contributed by atoms with Gasteiger partial charge >= 0.3 is 12.7 Å². The van der Waals surface area contributed by atoms with Crippen LogP contribution in [0.25, 0.3) is 22.0 Å². The van der Waals surface area contributed by atoms with E-state index in [2.05, 4.69) is 0 Å². The van der Waals surface area contributed by atoms with Gasteiger partial charge in [0.05, 0.1) is 22.5 Å². The molecule has 1 aromatic heterocycles. The van der Waals surface area contributed by atoms with Crippen LogP contribution in [0.15, 0.2) is 41.3 Å². The van der Waals surface area contributed by atoms with Crippen molar-refractivity contribution in [2.75, 3.05) is 6.54 Å². The fraction of sp³-hybridized carbons (Fsp3) is 0.452. The van der Waals surface area contributed by atoms with Gasteiger partial charge in [-0.15, -0.1) is 0 Å². The highest BCUT2D eigenvalue weighted by atomic mass is 19.3. The molecule has 0 spiro atoms. The number of halogens is 2. The van der Waals surface area contributed by atoms with Gasteiger partial charge < -0.3 is 18.9 Å². The molecule has 1 aliphatic heterocycles. The highest BCUT2D eigenvalue weighted by molar-refractivity contribution is 6.01. The Morgan fingerprint density at radius 2 is 1.85 bits per heavy atom. The molecule has 1 aliphatic carbocycles. The van der Waals surface area contributed by atoms with Crippen molar-refractivity contribution >= 4 is 22.8 Å². The van der Waals surface area contributed by atoms with Crippen LogP contribution in [0.3, 0.4) is 0 Å². The Labute approximate surface area is 231 Å². The molecule has 2 aliphatic rings. The van der Waals surface area contributed by atoms with Crippen molar-refractivity contribution in [2.45, 2.75) is 84.6 Å². The van der Waals surface area contributed by atoms with E-state index < -0.39 is 17.6 Å². The number of aromatic nitrogens is 1. The van der Waals surface area contributed by atoms with Crippen molar-refractivity contribution in [2.24, 2.45) is 0 Å². The molecule has 1 unspecified atom stereocenters. The third kappa shape index (κ3) is 5.21. The predicted molar refractivity (Wildman–Crippen MR) is 148 cm³/mol. The molecule has 0 radical (unpaired) electrons. The van der Waals surface area contributed by atoms with Crippen molar-refractivity contribution in [3.8, 4) is 16.9 Å². The molecule has 7 nitrogen and oxygen atoms in total. The molecule has 2 heterocycles. The van der Waals surface area contributed by atoms with Gasteiger partial charge in [0, 0.05) is 30.8 Å². The number of amides is 1. The number of ketones is 1. The highest BCUT2D eigenvalue weighted by Gasteiger charge is 2.33. The van der Waals surface area contributed by atoms with Gasteiger partial charge in [0.1, 0.15) is 5.60 Å². The Kier molecular flexibility index (Phi) is 7.18. The third-order valence-electron chi connectivity index (χ3n) is 7.54. The van der Waals surface area contributed by atoms with E-state index in [4.69, 9.17) is 9.47 Å². The molecule has 1 saturated carbocycles. The second kappa shape index (κ2) is 10.3. The average molecular weight is 553 g/mol. The second-order valence-corrected chi connectivity index (χ2v) is 11.5. The normalized spacial score (nSPS) is 17.2. The van der Waals surface area contributed by atoms with Gasteiger partial charge in [0.15, 0.2) is 17.0 Å². The summed E-state index contributed by atoms with van der Waals surface area (Å²) in [6.07, 6.45) is 3.51. The molecular formula is C31H34F2N2O5. The SMILES string of the molecule is CCC(=O)c1cn(C2CC2)c2c(OC(F)F)c(-c3ccc4c(c3)CCN(C(=O)OC(C)(C)C)C4C)ccc2c1=O. The van der Waals surface area contributed by atoms with Crippen molar-refractivity contribution in [1.29, 1.82) is 0 Å². The molecular weight excluding hydrogens is 518 g/mol. The first-order valence-electron chi connectivity index (χ1n) is 13.7. The Bertz CT molecular complexity index is 1550. The standard InChI is InChI=1S/C31H34F2N2O5/c1-6-25(36)24-16-35(20-8-9-20)26-23(27(24)37)12-11-22(28(26)39-29(32)33)18-7-10-21-17(2)34(14-13-19(21)15-18)30(38)40-31(3,4)5/h7,10-12,15-17,20,29H,6,8-9,13-14H2,1-5H3. The largest absolute Gasteiger partial charge is 0.444 e. The number of ether oxygens (including phenoxy) is 2. The van der Waals surface area contributed by atoms with Gasteiger partial charge in [0.2, 0.25) is 0 Å². The van der Waals surface area contributed by atoms with E-state index in [0.29, 0.717) is 24.1 Å². The number of hydrogen-bond acceptors (Lipinski definition) is 5. The van der Waals surface area contributed by atoms with Crippen LogP contribution < -0.4 is 10.2 Å². The van der Waals surface area contributed by atoms with Crippen molar-refractivity contribution in [1.82, 2.24) is 9.47 Å². The number of rotatable bonds is 6. The first kappa shape index (κ1) is 27.8. The summed E-state index contributed by atoms with van der Waals surface area (Å²) in [6, 6.07) is 8.65. The zero-order valence-corrected chi connectivity index (χ0v) is 23.4. The number of Topliss-reactive ketones (excluding diaryl/α,β-unsaturated/α-hetero) is 1. The first-order valence-corrected chi connectivity index (χ1v) is 13.7. The molecule has 40 heavy (non-hydrogen) atoms. The van der Waals surface area contributed by atoms with E-state index >= 15 is 0 Å². The molecule has 1 fully saturated rings. The molecule has 0 bridgehead atoms. The van der Waals surface area contributed by atoms with Gasteiger partial charge in [-0.1, -0.05) is 25.1 Å². The van der Waals surface area contributed by atoms with E-state index in [1.165, 1.54) is 6.20 Å². The average Bonchev–Trinajstić information content (AvgIpc) is 3.73. The minimum absolute atomic E-state index is 0.00463. The fourth-order valence-electron chi connectivity index (χ4n) is 5.45. The number of pyridine rings is 1. The summed E-state index contributed by atoms with van der Waals surface area (Å²) in [7, 11) is 0. The van der Waals surface area contributed by atoms with E-state index in [1.807, 2.05) is 45.9 Å². The molecule has 1 amide bonds. The predicted octanol–water partition coefficient (Wildman–Crippen LogP) is 7.05. The van der Waals surface area contributed by atoms with Gasteiger partial charge in [-0.3, -0.25) is 9.59 Å². The van der Waals surface area contributed by atoms with E-state index in [1.54, 1.807) is 28.5 Å². The lowest BCUT2D eigenvalue weighted by Crippen LogP contribution is -2.42. The number of nitrogens with zero attached hydrogens (tertiary/aromatic N) is 2. The van der Waals surface area contributed by atoms with Crippen LogP contribution >= 0.6 is 0 Å². The minimum Gasteiger partial charge on any atom is -0.444 e. The van der Waals surface area contributed by atoms with E-state index in [0.717, 1.165) is 24.0 Å². The molecule has 9 heteroatoms. The second-order valence-electron chi connectivity index (χ2n) is 11.5. The number of fused-ring (bicyclic) bond motifs is 2. The lowest BCUT2D eigenvalue weighted by Gasteiger charge is -2.36. The molecule has 2 aromatic carbocycles. The van der Waals surface area contributed by atoms with Gasteiger partial charge in [-0.05, 0) is 75.8 Å². The van der Waals surface area contributed by atoms with Gasteiger partial charge in [-0.2, -0.15) is 8.78 Å². The Morgan fingerprint density at radius 3 is 2.48 bits per heavy atom. The van der Waals surface area contributed by atoms with Crippen molar-refractivity contribution < 1.29 is 27.8 Å². The Balaban J connectivity index is 1.62. The summed E-state index contributed by atoms with van der Waals surface area (Å²) >= 11 is 0. The molecule has 0 saturated heterocycles. The zero-order chi connectivity index (χ0) is 28.9. The number of benzene rings is 2. The van der Waals surface area contributed by atoms with Gasteiger partial charge in [0.25, 0.3) is 0 Å². The number of carbonyl (C=O) groups excluding carboxylic acids is 2. The monoisotopic (exact) mass is 552 g/mol. The van der Waals surface area contributed by atoms with Crippen LogP contribution in [-0.2, 0) is 11.2 Å². The van der Waals surface area contributed by atoms with Crippen molar-refractivity contribution in [3.63, 3.8) is 0 Å². The Morgan fingerprint density at radius 1 is 1.12 bits per heavy atom. The Hall–Kier alpha value is -3.75. The van der Waals surface area contributed by atoms with Crippen LogP contribution in [-0.4, -0.2) is 40.1 Å². The minimum atomic E-state index is -3.11. The van der Waals surface area contributed by atoms with Crippen LogP contribution in [0.4, 0.5) is 13.6 Å². The molecule has 3 aromatic rings. The lowest BCUT2D eigenvalue weighted by molar-refractivity contribution is -0.0486. The molecule has 5 rings (SSSR count). The molecule has 1 atom stereocenters. The molecule has 0 N–H and O–H groups in total. The van der Waals surface area contributed by atoms with Crippen LogP contribution in [0.5, 0.6) is 5.75 Å². The maximum absolute atomic E-state index is 13.8. The lowest BCUT2D eigenvalue weighted by atomic mass is 9.90. The number of alkyl halides is 2. The highest BCUT2D eigenvalue weighted by Crippen LogP contribution is 2.44. The third-order valence-corrected chi connectivity index (χ3v) is 7.54. The van der Waals surface area contributed by atoms with Crippen molar-refractivity contribution in [3.05, 3.63) is 63.4 Å². The van der Waals surface area contributed by atoms with Gasteiger partial charge in [-0.25, -0.2) is 4.79 Å². The van der Waals surface area contributed by atoms with Crippen LogP contribution in [0, 0.1) is 0 Å². The maximum atomic E-state index is 13.8. The van der Waals surface area contributed by atoms with Crippen LogP contribution in [0.1, 0.15) is 87.4 Å². The van der Waals surface area contributed by atoms with E-state index in [-0.39, 0.29) is 52.6 Å². The molecule has 212 valence electrons. The number of carbonyl (C=O) groups is 2. The van der Waals surface area contributed by atoms with Crippen LogP contribution in [0.2, 0.25) is 0 Å². The smallest absolute Gasteiger partial charge is 0.410 e. The number of hydrogen-bond donors (Lipinski definition) is 0. The summed E-state index contributed by atoms with van der Waals surface area (Å²) in [6.45, 7) is 6.45. The summed E-state index contributed by atoms with van der Waals surface area (Å²) in [5.74, 6) is -0.364. The summed E-state index contributed by atoms with van der Waals surface area (Å²) in [5, 5.41) is 0.185. The maximum Gasteiger partial charge on any atom is 0.410 e. The summed E-state index contributed by atoms with van der Waals surface area (Å²) < 4.78 is 40.1. The topological polar surface area (TPSA) is 77.8 Å².